The first-order chi connectivity index (χ1) is 7.72. The van der Waals surface area contributed by atoms with Crippen LogP contribution in [0, 0.1) is 11.3 Å². The number of hydrogen-bond acceptors (Lipinski definition) is 2. The Labute approximate surface area is 103 Å². The number of carbonyl (C=O) groups excluding carboxylic acids is 1. The molecule has 0 radical (unpaired) electrons. The maximum atomic E-state index is 11.2. The molecule has 4 nitrogen and oxygen atoms in total. The van der Waals surface area contributed by atoms with Gasteiger partial charge in [-0.25, -0.2) is 4.79 Å². The van der Waals surface area contributed by atoms with E-state index in [-0.39, 0.29) is 6.03 Å². The minimum atomic E-state index is -0.254. The molecular weight excluding hydrogens is 270 g/mol. The van der Waals surface area contributed by atoms with Crippen LogP contribution >= 0.6 is 15.9 Å². The molecule has 0 saturated heterocycles. The first kappa shape index (κ1) is 12.5. The number of nitrogens with zero attached hydrogens (tertiary/aromatic N) is 1. The number of nitriles is 1. The highest BCUT2D eigenvalue weighted by molar-refractivity contribution is 9.10. The van der Waals surface area contributed by atoms with E-state index < -0.39 is 0 Å². The van der Waals surface area contributed by atoms with Gasteiger partial charge < -0.3 is 10.6 Å². The van der Waals surface area contributed by atoms with E-state index in [0.717, 1.165) is 10.0 Å². The Balaban J connectivity index is 2.29. The number of nitrogens with one attached hydrogen (secondary N) is 2. The zero-order valence-corrected chi connectivity index (χ0v) is 10.3. The fourth-order valence-electron chi connectivity index (χ4n) is 1.12. The van der Waals surface area contributed by atoms with Gasteiger partial charge in [-0.2, -0.15) is 5.26 Å². The largest absolute Gasteiger partial charge is 0.337 e. The first-order valence-corrected chi connectivity index (χ1v) is 5.65. The van der Waals surface area contributed by atoms with Gasteiger partial charge in [-0.05, 0) is 17.7 Å². The summed E-state index contributed by atoms with van der Waals surface area (Å²) in [7, 11) is 0. The fraction of sp³-hybridized carbons (Fsp3) is 0.273. The summed E-state index contributed by atoms with van der Waals surface area (Å²) >= 11 is 3.36. The quantitative estimate of drug-likeness (QED) is 0.831. The van der Waals surface area contributed by atoms with Gasteiger partial charge in [0.2, 0.25) is 0 Å². The Kier molecular flexibility index (Phi) is 5.37. The summed E-state index contributed by atoms with van der Waals surface area (Å²) in [5.74, 6) is 0. The van der Waals surface area contributed by atoms with E-state index in [0.29, 0.717) is 19.5 Å². The van der Waals surface area contributed by atoms with Gasteiger partial charge in [0.15, 0.2) is 0 Å². The molecule has 5 heteroatoms. The van der Waals surface area contributed by atoms with Gasteiger partial charge in [0.05, 0.1) is 12.5 Å². The smallest absolute Gasteiger partial charge is 0.315 e. The Morgan fingerprint density at radius 1 is 1.44 bits per heavy atom. The molecule has 0 fully saturated rings. The van der Waals surface area contributed by atoms with Crippen molar-refractivity contribution in [3.8, 4) is 6.07 Å². The molecule has 2 amide bonds. The van der Waals surface area contributed by atoms with Gasteiger partial charge in [-0.15, -0.1) is 0 Å². The average Bonchev–Trinajstić information content (AvgIpc) is 2.27. The molecule has 1 aromatic carbocycles. The maximum absolute atomic E-state index is 11.2. The third-order valence-electron chi connectivity index (χ3n) is 1.86. The molecule has 0 aromatic heterocycles. The van der Waals surface area contributed by atoms with Crippen molar-refractivity contribution in [2.45, 2.75) is 13.0 Å². The Bertz CT molecular complexity index is 400. The normalized spacial score (nSPS) is 9.25. The summed E-state index contributed by atoms with van der Waals surface area (Å²) in [4.78, 5) is 11.2. The van der Waals surface area contributed by atoms with Crippen molar-refractivity contribution < 1.29 is 4.79 Å². The van der Waals surface area contributed by atoms with E-state index in [1.54, 1.807) is 0 Å². The second-order valence-corrected chi connectivity index (χ2v) is 4.06. The lowest BCUT2D eigenvalue weighted by molar-refractivity contribution is 0.240. The van der Waals surface area contributed by atoms with Crippen molar-refractivity contribution in [2.75, 3.05) is 6.54 Å². The van der Waals surface area contributed by atoms with Crippen LogP contribution in [0.3, 0.4) is 0 Å². The van der Waals surface area contributed by atoms with Gasteiger partial charge >= 0.3 is 6.03 Å². The van der Waals surface area contributed by atoms with Gasteiger partial charge in [-0.1, -0.05) is 28.1 Å². The summed E-state index contributed by atoms with van der Waals surface area (Å²) in [6.45, 7) is 0.846. The lowest BCUT2D eigenvalue weighted by Crippen LogP contribution is -2.35. The third-order valence-corrected chi connectivity index (χ3v) is 2.36. The molecule has 0 aliphatic heterocycles. The number of amides is 2. The van der Waals surface area contributed by atoms with Gasteiger partial charge in [-0.3, -0.25) is 0 Å². The zero-order valence-electron chi connectivity index (χ0n) is 8.66. The molecule has 84 valence electrons. The fourth-order valence-corrected chi connectivity index (χ4v) is 1.57. The molecule has 0 heterocycles. The molecule has 16 heavy (non-hydrogen) atoms. The Hall–Kier alpha value is -1.54. The predicted molar refractivity (Wildman–Crippen MR) is 64.6 cm³/mol. The highest BCUT2D eigenvalue weighted by Crippen LogP contribution is 2.11. The summed E-state index contributed by atoms with van der Waals surface area (Å²) in [6, 6.07) is 9.41. The van der Waals surface area contributed by atoms with E-state index in [1.807, 2.05) is 30.3 Å². The average molecular weight is 282 g/mol. The van der Waals surface area contributed by atoms with Crippen molar-refractivity contribution in [1.29, 1.82) is 5.26 Å². The summed E-state index contributed by atoms with van der Waals surface area (Å²) in [6.07, 6.45) is 0.324. The summed E-state index contributed by atoms with van der Waals surface area (Å²) < 4.78 is 0.983. The van der Waals surface area contributed by atoms with E-state index in [4.69, 9.17) is 5.26 Å². The van der Waals surface area contributed by atoms with Crippen LogP contribution in [-0.4, -0.2) is 12.6 Å². The van der Waals surface area contributed by atoms with Crippen LogP contribution in [0.1, 0.15) is 12.0 Å². The van der Waals surface area contributed by atoms with Crippen LogP contribution in [0.5, 0.6) is 0 Å². The van der Waals surface area contributed by atoms with Crippen LogP contribution in [0.25, 0.3) is 0 Å². The number of urea groups is 1. The molecule has 2 N–H and O–H groups in total. The van der Waals surface area contributed by atoms with Crippen molar-refractivity contribution in [1.82, 2.24) is 10.6 Å². The van der Waals surface area contributed by atoms with Crippen LogP contribution < -0.4 is 10.6 Å². The van der Waals surface area contributed by atoms with Crippen LogP contribution in [0.2, 0.25) is 0 Å². The molecule has 0 aliphatic carbocycles. The lowest BCUT2D eigenvalue weighted by Gasteiger charge is -2.06. The number of hydrogen-bond donors (Lipinski definition) is 2. The second kappa shape index (κ2) is 6.85. The predicted octanol–water partition coefficient (Wildman–Crippen LogP) is 2.16. The zero-order chi connectivity index (χ0) is 11.8. The summed E-state index contributed by atoms with van der Waals surface area (Å²) in [5, 5.41) is 13.6. The highest BCUT2D eigenvalue weighted by Gasteiger charge is 1.99. The SMILES string of the molecule is N#CCCNC(=O)NCc1cccc(Br)c1. The molecule has 0 bridgehead atoms. The van der Waals surface area contributed by atoms with Crippen molar-refractivity contribution in [3.05, 3.63) is 34.3 Å². The molecule has 1 rings (SSSR count). The van der Waals surface area contributed by atoms with Gasteiger partial charge in [0, 0.05) is 17.6 Å². The lowest BCUT2D eigenvalue weighted by atomic mass is 10.2. The number of rotatable bonds is 4. The third kappa shape index (κ3) is 4.80. The van der Waals surface area contributed by atoms with E-state index in [9.17, 15) is 4.79 Å². The highest BCUT2D eigenvalue weighted by atomic mass is 79.9. The molecule has 0 spiro atoms. The minimum absolute atomic E-state index is 0.254. The van der Waals surface area contributed by atoms with Crippen LogP contribution in [0.4, 0.5) is 4.79 Å². The van der Waals surface area contributed by atoms with E-state index in [1.165, 1.54) is 0 Å². The standard InChI is InChI=1S/C11H12BrN3O/c12-10-4-1-3-9(7-10)8-15-11(16)14-6-2-5-13/h1,3-4,7H,2,6,8H2,(H2,14,15,16). The molecule has 0 saturated carbocycles. The van der Waals surface area contributed by atoms with Crippen molar-refractivity contribution >= 4 is 22.0 Å². The molecule has 0 aliphatic rings. The Morgan fingerprint density at radius 2 is 2.25 bits per heavy atom. The van der Waals surface area contributed by atoms with Gasteiger partial charge in [0.25, 0.3) is 0 Å². The minimum Gasteiger partial charge on any atom is -0.337 e. The van der Waals surface area contributed by atoms with E-state index in [2.05, 4.69) is 26.6 Å². The molecule has 1 aromatic rings. The molecular formula is C11H12BrN3O. The van der Waals surface area contributed by atoms with Gasteiger partial charge in [0.1, 0.15) is 0 Å². The Morgan fingerprint density at radius 3 is 2.94 bits per heavy atom. The molecule has 0 atom stereocenters. The number of carbonyl (C=O) groups is 1. The number of benzene rings is 1. The summed E-state index contributed by atoms with van der Waals surface area (Å²) in [5.41, 5.74) is 1.02. The van der Waals surface area contributed by atoms with Crippen molar-refractivity contribution in [3.63, 3.8) is 0 Å². The van der Waals surface area contributed by atoms with E-state index >= 15 is 0 Å². The monoisotopic (exact) mass is 281 g/mol. The topological polar surface area (TPSA) is 64.9 Å². The maximum Gasteiger partial charge on any atom is 0.315 e. The second-order valence-electron chi connectivity index (χ2n) is 3.15. The van der Waals surface area contributed by atoms with Crippen LogP contribution in [-0.2, 0) is 6.54 Å². The van der Waals surface area contributed by atoms with Crippen LogP contribution in [0.15, 0.2) is 28.7 Å². The van der Waals surface area contributed by atoms with Crippen molar-refractivity contribution in [2.24, 2.45) is 0 Å². The first-order valence-electron chi connectivity index (χ1n) is 4.85. The molecule has 0 unspecified atom stereocenters. The number of halogens is 1.